The number of amides is 1. The van der Waals surface area contributed by atoms with E-state index < -0.39 is 23.7 Å². The molecule has 0 radical (unpaired) electrons. The van der Waals surface area contributed by atoms with E-state index in [-0.39, 0.29) is 33.9 Å². The number of esters is 1. The molecule has 1 unspecified atom stereocenters. The van der Waals surface area contributed by atoms with E-state index in [0.29, 0.717) is 47.3 Å². The van der Waals surface area contributed by atoms with Crippen LogP contribution in [0.2, 0.25) is 0 Å². The zero-order chi connectivity index (χ0) is 32.0. The largest absolute Gasteiger partial charge is 0.507 e. The molecule has 2 heterocycles. The highest BCUT2D eigenvalue weighted by molar-refractivity contribution is 7.17. The zero-order valence-electron chi connectivity index (χ0n) is 25.8. The van der Waals surface area contributed by atoms with Gasteiger partial charge in [0, 0.05) is 5.56 Å². The summed E-state index contributed by atoms with van der Waals surface area (Å²) in [4.78, 5) is 46.1. The summed E-state index contributed by atoms with van der Waals surface area (Å²) in [5.41, 5.74) is 1.05. The summed E-state index contributed by atoms with van der Waals surface area (Å²) in [6, 6.07) is 10.6. The molecule has 0 aliphatic carbocycles. The quantitative estimate of drug-likeness (QED) is 0.0750. The van der Waals surface area contributed by atoms with E-state index >= 15 is 0 Å². The van der Waals surface area contributed by atoms with Crippen LogP contribution in [0.25, 0.3) is 5.76 Å². The van der Waals surface area contributed by atoms with Crippen LogP contribution in [-0.4, -0.2) is 54.7 Å². The summed E-state index contributed by atoms with van der Waals surface area (Å²) in [7, 11) is 1.49. The molecule has 10 nitrogen and oxygen atoms in total. The van der Waals surface area contributed by atoms with Crippen molar-refractivity contribution in [2.24, 2.45) is 5.92 Å². The number of benzene rings is 2. The first-order valence-corrected chi connectivity index (χ1v) is 15.4. The Balaban J connectivity index is 1.83. The van der Waals surface area contributed by atoms with Gasteiger partial charge in [0.25, 0.3) is 5.78 Å². The number of methoxy groups -OCH3 is 1. The highest BCUT2D eigenvalue weighted by Gasteiger charge is 2.48. The number of unbranched alkanes of at least 4 members (excludes halogenated alkanes) is 1. The second-order valence-electron chi connectivity index (χ2n) is 10.6. The maximum Gasteiger partial charge on any atom is 0.350 e. The predicted molar refractivity (Wildman–Crippen MR) is 168 cm³/mol. The molecular weight excluding hydrogens is 584 g/mol. The van der Waals surface area contributed by atoms with E-state index in [2.05, 4.69) is 11.9 Å². The molecule has 11 heteroatoms. The second kappa shape index (κ2) is 14.4. The van der Waals surface area contributed by atoms with Crippen molar-refractivity contribution in [1.82, 2.24) is 4.98 Å². The van der Waals surface area contributed by atoms with Crippen molar-refractivity contribution in [2.75, 3.05) is 31.8 Å². The van der Waals surface area contributed by atoms with Crippen molar-refractivity contribution in [3.8, 4) is 17.2 Å². The number of hydrogen-bond acceptors (Lipinski definition) is 10. The van der Waals surface area contributed by atoms with Gasteiger partial charge in [-0.25, -0.2) is 9.78 Å². The number of carbonyl (C=O) groups is 3. The number of Topliss-reactive ketones (excluding diaryl/α,β-unsaturated/α-hetero) is 1. The van der Waals surface area contributed by atoms with Gasteiger partial charge in [-0.3, -0.25) is 14.5 Å². The Morgan fingerprint density at radius 2 is 1.80 bits per heavy atom. The van der Waals surface area contributed by atoms with Crippen molar-refractivity contribution in [2.45, 2.75) is 53.5 Å². The van der Waals surface area contributed by atoms with Crippen molar-refractivity contribution in [3.05, 3.63) is 69.7 Å². The average molecular weight is 623 g/mol. The molecule has 1 aromatic heterocycles. The molecule has 0 bridgehead atoms. The van der Waals surface area contributed by atoms with Gasteiger partial charge in [0.1, 0.15) is 16.4 Å². The molecule has 1 atom stereocenters. The van der Waals surface area contributed by atoms with Gasteiger partial charge in [0.05, 0.1) is 44.2 Å². The zero-order valence-corrected chi connectivity index (χ0v) is 26.7. The minimum Gasteiger partial charge on any atom is -0.507 e. The predicted octanol–water partition coefficient (Wildman–Crippen LogP) is 6.48. The Morgan fingerprint density at radius 1 is 1.07 bits per heavy atom. The van der Waals surface area contributed by atoms with E-state index in [1.54, 1.807) is 49.4 Å². The number of anilines is 1. The summed E-state index contributed by atoms with van der Waals surface area (Å²) >= 11 is 0.953. The number of ether oxygens (including phenoxy) is 4. The summed E-state index contributed by atoms with van der Waals surface area (Å²) in [5.74, 6) is -1.06. The normalized spacial score (nSPS) is 16.0. The van der Waals surface area contributed by atoms with Gasteiger partial charge >= 0.3 is 11.9 Å². The molecule has 0 spiro atoms. The smallest absolute Gasteiger partial charge is 0.350 e. The molecule has 1 aliphatic rings. The lowest BCUT2D eigenvalue weighted by molar-refractivity contribution is -0.132. The fourth-order valence-corrected chi connectivity index (χ4v) is 5.64. The molecule has 1 N–H and O–H groups in total. The molecule has 1 amide bonds. The molecule has 44 heavy (non-hydrogen) atoms. The number of carbonyl (C=O) groups excluding carboxylic acids is 3. The van der Waals surface area contributed by atoms with Crippen molar-refractivity contribution in [1.29, 1.82) is 0 Å². The van der Waals surface area contributed by atoms with Gasteiger partial charge in [0.2, 0.25) is 0 Å². The number of rotatable bonds is 13. The standard InChI is InChI=1S/C33H38N2O8S/c1-7-9-16-42-23-13-10-21(11-14-23)28(36)26-27(22-12-15-24(41-8-2)25(17-22)40-6)35(31(38)29(26)37)33-34-20(5)30(44-33)32(39)43-18-19(3)4/h10-15,17,19,27,36H,7-9,16,18H2,1-6H3. The topological polar surface area (TPSA) is 124 Å². The highest BCUT2D eigenvalue weighted by Crippen LogP contribution is 2.45. The van der Waals surface area contributed by atoms with Gasteiger partial charge in [-0.2, -0.15) is 0 Å². The van der Waals surface area contributed by atoms with E-state index in [1.807, 2.05) is 20.8 Å². The molecule has 3 aromatic rings. The van der Waals surface area contributed by atoms with Gasteiger partial charge < -0.3 is 24.1 Å². The van der Waals surface area contributed by atoms with Crippen LogP contribution in [0.5, 0.6) is 17.2 Å². The molecule has 1 fully saturated rings. The van der Waals surface area contributed by atoms with Crippen LogP contribution >= 0.6 is 11.3 Å². The number of aromatic nitrogens is 1. The lowest BCUT2D eigenvalue weighted by Gasteiger charge is -2.24. The Labute approximate surface area is 261 Å². The third kappa shape index (κ3) is 6.88. The lowest BCUT2D eigenvalue weighted by Crippen LogP contribution is -2.29. The van der Waals surface area contributed by atoms with Crippen LogP contribution < -0.4 is 19.1 Å². The van der Waals surface area contributed by atoms with Crippen LogP contribution in [0.3, 0.4) is 0 Å². The van der Waals surface area contributed by atoms with Crippen LogP contribution in [0.4, 0.5) is 5.13 Å². The van der Waals surface area contributed by atoms with E-state index in [0.717, 1.165) is 24.2 Å². The van der Waals surface area contributed by atoms with Crippen LogP contribution in [0, 0.1) is 12.8 Å². The minimum absolute atomic E-state index is 0.123. The molecule has 0 saturated carbocycles. The molecule has 4 rings (SSSR count). The molecular formula is C33H38N2O8S. The Hall–Kier alpha value is -4.38. The van der Waals surface area contributed by atoms with Gasteiger partial charge in [-0.05, 0) is 68.1 Å². The Kier molecular flexibility index (Phi) is 10.6. The number of hydrogen-bond donors (Lipinski definition) is 1. The van der Waals surface area contributed by atoms with Crippen LogP contribution in [0.15, 0.2) is 48.0 Å². The number of nitrogens with zero attached hydrogens (tertiary/aromatic N) is 2. The van der Waals surface area contributed by atoms with E-state index in [9.17, 15) is 19.5 Å². The Bertz CT molecular complexity index is 1540. The van der Waals surface area contributed by atoms with Gasteiger partial charge in [-0.1, -0.05) is 44.6 Å². The first-order chi connectivity index (χ1) is 21.1. The average Bonchev–Trinajstić information content (AvgIpc) is 3.52. The molecule has 1 saturated heterocycles. The summed E-state index contributed by atoms with van der Waals surface area (Å²) in [6.07, 6.45) is 1.90. The summed E-state index contributed by atoms with van der Waals surface area (Å²) < 4.78 is 22.3. The highest BCUT2D eigenvalue weighted by atomic mass is 32.1. The number of aliphatic hydroxyl groups is 1. The van der Waals surface area contributed by atoms with Crippen LogP contribution in [-0.2, 0) is 14.3 Å². The SMILES string of the molecule is CCCCOc1ccc(C(O)=C2C(=O)C(=O)N(c3nc(C)c(C(=O)OCC(C)C)s3)C2c2ccc(OCC)c(OC)c2)cc1. The minimum atomic E-state index is -1.08. The second-order valence-corrected chi connectivity index (χ2v) is 11.6. The van der Waals surface area contributed by atoms with Gasteiger partial charge in [-0.15, -0.1) is 0 Å². The number of aliphatic hydroxyl groups excluding tert-OH is 1. The van der Waals surface area contributed by atoms with E-state index in [4.69, 9.17) is 18.9 Å². The van der Waals surface area contributed by atoms with E-state index in [1.165, 1.54) is 12.0 Å². The fourth-order valence-electron chi connectivity index (χ4n) is 4.66. The monoisotopic (exact) mass is 622 g/mol. The number of ketones is 1. The third-order valence-electron chi connectivity index (χ3n) is 6.87. The van der Waals surface area contributed by atoms with Crippen molar-refractivity contribution < 1.29 is 38.4 Å². The lowest BCUT2D eigenvalue weighted by atomic mass is 9.95. The molecule has 2 aromatic carbocycles. The third-order valence-corrected chi connectivity index (χ3v) is 8.00. The number of thiazole rings is 1. The maximum absolute atomic E-state index is 13.7. The molecule has 1 aliphatic heterocycles. The fraction of sp³-hybridized carbons (Fsp3) is 0.394. The number of aryl methyl sites for hydroxylation is 1. The summed E-state index contributed by atoms with van der Waals surface area (Å²) in [6.45, 7) is 10.6. The van der Waals surface area contributed by atoms with Crippen LogP contribution in [0.1, 0.15) is 73.1 Å². The maximum atomic E-state index is 13.7. The summed E-state index contributed by atoms with van der Waals surface area (Å²) in [5, 5.41) is 11.7. The Morgan fingerprint density at radius 3 is 2.43 bits per heavy atom. The first-order valence-electron chi connectivity index (χ1n) is 14.6. The van der Waals surface area contributed by atoms with Crippen molar-refractivity contribution >= 4 is 39.9 Å². The molecule has 234 valence electrons. The first kappa shape index (κ1) is 32.5. The van der Waals surface area contributed by atoms with Crippen molar-refractivity contribution in [3.63, 3.8) is 0 Å². The van der Waals surface area contributed by atoms with Gasteiger partial charge in [0.15, 0.2) is 16.6 Å².